The number of aromatic nitrogens is 1. The molecular weight excluding hydrogens is 246 g/mol. The lowest BCUT2D eigenvalue weighted by molar-refractivity contribution is 0.551. The number of pyridine rings is 1. The van der Waals surface area contributed by atoms with E-state index in [4.69, 9.17) is 17.3 Å². The van der Waals surface area contributed by atoms with E-state index in [1.54, 1.807) is 0 Å². The van der Waals surface area contributed by atoms with Gasteiger partial charge in [-0.05, 0) is 31.4 Å². The number of halogens is 1. The topological polar surface area (TPSA) is 42.1 Å². The summed E-state index contributed by atoms with van der Waals surface area (Å²) < 4.78 is 0. The standard InChI is InChI=1S/C14H22ClN3/c1-2-11-6-4-3-5-9-18(11)14-8-7-12(15)13(10-16)17-14/h7-8,11H,2-6,9-10,16H2,1H3. The molecule has 0 aromatic carbocycles. The summed E-state index contributed by atoms with van der Waals surface area (Å²) in [5, 5.41) is 0.670. The lowest BCUT2D eigenvalue weighted by atomic mass is 10.1. The predicted octanol–water partition coefficient (Wildman–Crippen LogP) is 3.35. The van der Waals surface area contributed by atoms with E-state index < -0.39 is 0 Å². The average molecular weight is 268 g/mol. The van der Waals surface area contributed by atoms with E-state index in [9.17, 15) is 0 Å². The van der Waals surface area contributed by atoms with E-state index in [2.05, 4.69) is 16.8 Å². The minimum absolute atomic E-state index is 0.400. The van der Waals surface area contributed by atoms with Crippen molar-refractivity contribution in [2.45, 2.75) is 51.6 Å². The first kappa shape index (κ1) is 13.6. The first-order valence-electron chi connectivity index (χ1n) is 6.88. The van der Waals surface area contributed by atoms with Crippen molar-refractivity contribution in [3.05, 3.63) is 22.8 Å². The van der Waals surface area contributed by atoms with Gasteiger partial charge in [0, 0.05) is 19.1 Å². The Morgan fingerprint density at radius 3 is 2.94 bits per heavy atom. The largest absolute Gasteiger partial charge is 0.354 e. The van der Waals surface area contributed by atoms with Crippen molar-refractivity contribution in [1.29, 1.82) is 0 Å². The second-order valence-electron chi connectivity index (χ2n) is 4.91. The van der Waals surface area contributed by atoms with Gasteiger partial charge in [0.25, 0.3) is 0 Å². The Morgan fingerprint density at radius 2 is 2.22 bits per heavy atom. The molecule has 1 aromatic heterocycles. The molecule has 0 spiro atoms. The zero-order chi connectivity index (χ0) is 13.0. The lowest BCUT2D eigenvalue weighted by Crippen LogP contribution is -2.35. The van der Waals surface area contributed by atoms with Gasteiger partial charge >= 0.3 is 0 Å². The predicted molar refractivity (Wildman–Crippen MR) is 77.0 cm³/mol. The summed E-state index contributed by atoms with van der Waals surface area (Å²) in [7, 11) is 0. The van der Waals surface area contributed by atoms with Crippen LogP contribution in [0.5, 0.6) is 0 Å². The van der Waals surface area contributed by atoms with Crippen LogP contribution in [-0.4, -0.2) is 17.6 Å². The highest BCUT2D eigenvalue weighted by Crippen LogP contribution is 2.26. The average Bonchev–Trinajstić information content (AvgIpc) is 2.64. The van der Waals surface area contributed by atoms with Crippen LogP contribution in [0.15, 0.2) is 12.1 Å². The highest BCUT2D eigenvalue weighted by molar-refractivity contribution is 6.31. The molecule has 2 heterocycles. The van der Waals surface area contributed by atoms with Crippen molar-refractivity contribution >= 4 is 17.4 Å². The Balaban J connectivity index is 2.26. The van der Waals surface area contributed by atoms with Crippen molar-refractivity contribution in [3.8, 4) is 0 Å². The smallest absolute Gasteiger partial charge is 0.129 e. The summed E-state index contributed by atoms with van der Waals surface area (Å²) in [5.41, 5.74) is 6.48. The van der Waals surface area contributed by atoms with Crippen molar-refractivity contribution in [1.82, 2.24) is 4.98 Å². The third-order valence-corrected chi connectivity index (χ3v) is 4.08. The van der Waals surface area contributed by atoms with Crippen LogP contribution >= 0.6 is 11.6 Å². The Hall–Kier alpha value is -0.800. The zero-order valence-corrected chi connectivity index (χ0v) is 11.8. The van der Waals surface area contributed by atoms with Gasteiger partial charge in [0.1, 0.15) is 5.82 Å². The lowest BCUT2D eigenvalue weighted by Gasteiger charge is -2.30. The minimum atomic E-state index is 0.400. The quantitative estimate of drug-likeness (QED) is 0.913. The van der Waals surface area contributed by atoms with E-state index in [0.717, 1.165) is 18.1 Å². The van der Waals surface area contributed by atoms with Crippen LogP contribution in [0.25, 0.3) is 0 Å². The normalized spacial score (nSPS) is 20.8. The number of nitrogens with zero attached hydrogens (tertiary/aromatic N) is 2. The first-order valence-corrected chi connectivity index (χ1v) is 7.26. The van der Waals surface area contributed by atoms with E-state index in [1.807, 2.05) is 12.1 Å². The molecule has 0 bridgehead atoms. The van der Waals surface area contributed by atoms with Crippen molar-refractivity contribution in [2.24, 2.45) is 5.73 Å². The molecule has 1 aliphatic rings. The molecule has 3 nitrogen and oxygen atoms in total. The third-order valence-electron chi connectivity index (χ3n) is 3.74. The molecule has 1 saturated heterocycles. The SMILES string of the molecule is CCC1CCCCCN1c1ccc(Cl)c(CN)n1. The summed E-state index contributed by atoms with van der Waals surface area (Å²) in [6, 6.07) is 4.55. The van der Waals surface area contributed by atoms with Crippen LogP contribution in [-0.2, 0) is 6.54 Å². The first-order chi connectivity index (χ1) is 8.76. The summed E-state index contributed by atoms with van der Waals surface area (Å²) >= 11 is 6.08. The second kappa shape index (κ2) is 6.39. The number of hydrogen-bond donors (Lipinski definition) is 1. The molecule has 1 atom stereocenters. The van der Waals surface area contributed by atoms with Crippen LogP contribution in [0.2, 0.25) is 5.02 Å². The highest BCUT2D eigenvalue weighted by Gasteiger charge is 2.21. The van der Waals surface area contributed by atoms with Gasteiger partial charge in [0.05, 0.1) is 10.7 Å². The number of rotatable bonds is 3. The Labute approximate surface area is 114 Å². The highest BCUT2D eigenvalue weighted by atomic mass is 35.5. The molecular formula is C14H22ClN3. The maximum Gasteiger partial charge on any atom is 0.129 e. The van der Waals surface area contributed by atoms with Crippen LogP contribution in [0.4, 0.5) is 5.82 Å². The van der Waals surface area contributed by atoms with Crippen molar-refractivity contribution < 1.29 is 0 Å². The summed E-state index contributed by atoms with van der Waals surface area (Å²) in [4.78, 5) is 7.06. The fraction of sp³-hybridized carbons (Fsp3) is 0.643. The van der Waals surface area contributed by atoms with E-state index in [0.29, 0.717) is 17.6 Å². The van der Waals surface area contributed by atoms with Gasteiger partial charge in [-0.1, -0.05) is 31.4 Å². The molecule has 0 radical (unpaired) electrons. The van der Waals surface area contributed by atoms with Gasteiger partial charge in [0.2, 0.25) is 0 Å². The van der Waals surface area contributed by atoms with Gasteiger partial charge in [-0.3, -0.25) is 0 Å². The minimum Gasteiger partial charge on any atom is -0.354 e. The summed E-state index contributed by atoms with van der Waals surface area (Å²) in [6.07, 6.45) is 6.33. The molecule has 1 aliphatic heterocycles. The molecule has 2 rings (SSSR count). The number of nitrogens with two attached hydrogens (primary N) is 1. The monoisotopic (exact) mass is 267 g/mol. The molecule has 0 amide bonds. The third kappa shape index (κ3) is 2.96. The maximum absolute atomic E-state index is 6.08. The maximum atomic E-state index is 6.08. The second-order valence-corrected chi connectivity index (χ2v) is 5.31. The van der Waals surface area contributed by atoms with Gasteiger partial charge in [-0.25, -0.2) is 4.98 Å². The van der Waals surface area contributed by atoms with E-state index in [1.165, 1.54) is 32.1 Å². The molecule has 100 valence electrons. The zero-order valence-electron chi connectivity index (χ0n) is 11.0. The van der Waals surface area contributed by atoms with Gasteiger partial charge < -0.3 is 10.6 Å². The molecule has 4 heteroatoms. The van der Waals surface area contributed by atoms with Crippen molar-refractivity contribution in [3.63, 3.8) is 0 Å². The van der Waals surface area contributed by atoms with Gasteiger partial charge in [-0.15, -0.1) is 0 Å². The summed E-state index contributed by atoms with van der Waals surface area (Å²) in [5.74, 6) is 1.04. The number of hydrogen-bond acceptors (Lipinski definition) is 3. The van der Waals surface area contributed by atoms with Crippen LogP contribution < -0.4 is 10.6 Å². The van der Waals surface area contributed by atoms with Crippen LogP contribution in [0.3, 0.4) is 0 Å². The fourth-order valence-electron chi connectivity index (χ4n) is 2.68. The molecule has 0 saturated carbocycles. The van der Waals surface area contributed by atoms with Crippen LogP contribution in [0.1, 0.15) is 44.7 Å². The van der Waals surface area contributed by atoms with E-state index in [-0.39, 0.29) is 0 Å². The Bertz CT molecular complexity index is 395. The molecule has 1 fully saturated rings. The van der Waals surface area contributed by atoms with Crippen molar-refractivity contribution in [2.75, 3.05) is 11.4 Å². The Morgan fingerprint density at radius 1 is 1.39 bits per heavy atom. The molecule has 2 N–H and O–H groups in total. The van der Waals surface area contributed by atoms with Gasteiger partial charge in [-0.2, -0.15) is 0 Å². The molecule has 1 aromatic rings. The molecule has 18 heavy (non-hydrogen) atoms. The molecule has 0 aliphatic carbocycles. The molecule has 1 unspecified atom stereocenters. The Kier molecular flexibility index (Phi) is 4.84. The fourth-order valence-corrected chi connectivity index (χ4v) is 2.86. The van der Waals surface area contributed by atoms with E-state index >= 15 is 0 Å². The van der Waals surface area contributed by atoms with Crippen LogP contribution in [0, 0.1) is 0 Å². The van der Waals surface area contributed by atoms with Gasteiger partial charge in [0.15, 0.2) is 0 Å². The summed E-state index contributed by atoms with van der Waals surface area (Å²) in [6.45, 7) is 3.75. The number of anilines is 1.